The van der Waals surface area contributed by atoms with Crippen LogP contribution in [0.2, 0.25) is 5.02 Å². The van der Waals surface area contributed by atoms with Gasteiger partial charge < -0.3 is 18.8 Å². The van der Waals surface area contributed by atoms with E-state index in [2.05, 4.69) is 4.72 Å². The van der Waals surface area contributed by atoms with Crippen LogP contribution in [0.5, 0.6) is 17.2 Å². The second kappa shape index (κ2) is 9.46. The van der Waals surface area contributed by atoms with E-state index in [1.165, 1.54) is 10.6 Å². The molecule has 10 heteroatoms. The minimum atomic E-state index is -3.49. The Balaban J connectivity index is 1.92. The Bertz CT molecular complexity index is 1350. The predicted molar refractivity (Wildman–Crippen MR) is 127 cm³/mol. The smallest absolute Gasteiger partial charge is 0.254 e. The van der Waals surface area contributed by atoms with Gasteiger partial charge in [-0.1, -0.05) is 11.6 Å². The van der Waals surface area contributed by atoms with Crippen molar-refractivity contribution in [2.45, 2.75) is 13.5 Å². The third-order valence-electron chi connectivity index (χ3n) is 5.10. The van der Waals surface area contributed by atoms with E-state index in [4.69, 9.17) is 25.8 Å². The fourth-order valence-corrected chi connectivity index (χ4v) is 4.18. The first-order valence-electron chi connectivity index (χ1n) is 10.3. The lowest BCUT2D eigenvalue weighted by atomic mass is 10.0. The van der Waals surface area contributed by atoms with Crippen molar-refractivity contribution < 1.29 is 22.6 Å². The van der Waals surface area contributed by atoms with E-state index in [0.29, 0.717) is 39.1 Å². The lowest BCUT2D eigenvalue weighted by molar-refractivity contribution is 0.0878. The fourth-order valence-electron chi connectivity index (χ4n) is 3.35. The molecular weight excluding hydrogens is 468 g/mol. The monoisotopic (exact) mass is 490 g/mol. The number of halogens is 1. The van der Waals surface area contributed by atoms with Crippen molar-refractivity contribution in [3.05, 3.63) is 69.6 Å². The van der Waals surface area contributed by atoms with Crippen LogP contribution in [-0.4, -0.2) is 32.0 Å². The number of pyridine rings is 1. The van der Waals surface area contributed by atoms with Crippen molar-refractivity contribution in [2.75, 3.05) is 23.7 Å². The van der Waals surface area contributed by atoms with Crippen LogP contribution in [0.1, 0.15) is 12.5 Å². The molecule has 0 amide bonds. The molecule has 1 aliphatic rings. The largest absolute Gasteiger partial charge is 0.490 e. The Morgan fingerprint density at radius 2 is 1.82 bits per heavy atom. The third-order valence-corrected chi connectivity index (χ3v) is 6.64. The van der Waals surface area contributed by atoms with Crippen molar-refractivity contribution in [1.29, 1.82) is 0 Å². The standard InChI is InChI=1S/C23H23ClN2O6S/c1-3-33(28,29)25-17-5-7-21-18(11-17)19-13-26(2)23(27)12-22(19)31-9-8-30-14-15-10-16(24)4-6-20(15)32-21/h4-7,10-13,25H,3,8-9,14H2,1-2H3. The maximum Gasteiger partial charge on any atom is 0.254 e. The Morgan fingerprint density at radius 1 is 1.03 bits per heavy atom. The Hall–Kier alpha value is -3.01. The summed E-state index contributed by atoms with van der Waals surface area (Å²) in [6.07, 6.45) is 1.63. The third kappa shape index (κ3) is 5.32. The van der Waals surface area contributed by atoms with Crippen LogP contribution >= 0.6 is 11.6 Å². The summed E-state index contributed by atoms with van der Waals surface area (Å²) in [7, 11) is -1.86. The average Bonchev–Trinajstić information content (AvgIpc) is 2.77. The highest BCUT2D eigenvalue weighted by Crippen LogP contribution is 2.41. The molecule has 2 aromatic carbocycles. The van der Waals surface area contributed by atoms with E-state index in [9.17, 15) is 13.2 Å². The van der Waals surface area contributed by atoms with Crippen molar-refractivity contribution in [2.24, 2.45) is 7.05 Å². The molecule has 0 unspecified atom stereocenters. The van der Waals surface area contributed by atoms with Gasteiger partial charge >= 0.3 is 0 Å². The molecule has 0 atom stereocenters. The van der Waals surface area contributed by atoms with Crippen molar-refractivity contribution in [1.82, 2.24) is 4.57 Å². The van der Waals surface area contributed by atoms with Gasteiger partial charge in [-0.2, -0.15) is 0 Å². The number of aromatic nitrogens is 1. The predicted octanol–water partition coefficient (Wildman–Crippen LogP) is 4.17. The SMILES string of the molecule is CCS(=O)(=O)Nc1ccc2c(c1)-c1cn(C)c(=O)cc1OCCOCc1cc(Cl)ccc1O2. The number of fused-ring (bicyclic) bond motifs is 4. The summed E-state index contributed by atoms with van der Waals surface area (Å²) in [6.45, 7) is 2.31. The summed E-state index contributed by atoms with van der Waals surface area (Å²) in [4.78, 5) is 12.3. The second-order valence-electron chi connectivity index (χ2n) is 7.47. The Labute approximate surface area is 196 Å². The van der Waals surface area contributed by atoms with Gasteiger partial charge in [0.2, 0.25) is 10.0 Å². The molecule has 1 aromatic heterocycles. The van der Waals surface area contributed by atoms with Crippen LogP contribution in [0, 0.1) is 0 Å². The first-order valence-corrected chi connectivity index (χ1v) is 12.3. The number of anilines is 1. The minimum absolute atomic E-state index is 0.0665. The van der Waals surface area contributed by atoms with E-state index in [1.54, 1.807) is 56.6 Å². The van der Waals surface area contributed by atoms with Crippen LogP contribution < -0.4 is 19.8 Å². The van der Waals surface area contributed by atoms with Gasteiger partial charge in [0.1, 0.15) is 23.9 Å². The van der Waals surface area contributed by atoms with Crippen LogP contribution in [0.15, 0.2) is 53.5 Å². The number of nitrogens with one attached hydrogen (secondary N) is 1. The van der Waals surface area contributed by atoms with E-state index < -0.39 is 10.0 Å². The summed E-state index contributed by atoms with van der Waals surface area (Å²) in [5, 5.41) is 0.550. The zero-order valence-electron chi connectivity index (χ0n) is 18.1. The highest BCUT2D eigenvalue weighted by atomic mass is 35.5. The van der Waals surface area contributed by atoms with Crippen LogP contribution in [0.4, 0.5) is 5.69 Å². The van der Waals surface area contributed by atoms with Gasteiger partial charge in [-0.25, -0.2) is 8.42 Å². The van der Waals surface area contributed by atoms with Crippen molar-refractivity contribution in [3.8, 4) is 28.4 Å². The Kier molecular flexibility index (Phi) is 6.64. The summed E-state index contributed by atoms with van der Waals surface area (Å²) in [6, 6.07) is 11.6. The van der Waals surface area contributed by atoms with Gasteiger partial charge in [-0.05, 0) is 43.3 Å². The number of hydrogen-bond acceptors (Lipinski definition) is 6. The molecule has 174 valence electrons. The summed E-state index contributed by atoms with van der Waals surface area (Å²) >= 11 is 6.16. The first-order chi connectivity index (χ1) is 15.8. The lowest BCUT2D eigenvalue weighted by Crippen LogP contribution is -2.17. The number of aryl methyl sites for hydroxylation is 1. The number of sulfonamides is 1. The first kappa shape index (κ1) is 23.2. The summed E-state index contributed by atoms with van der Waals surface area (Å²) < 4.78 is 46.1. The molecule has 1 N–H and O–H groups in total. The molecule has 33 heavy (non-hydrogen) atoms. The normalized spacial score (nSPS) is 13.8. The molecule has 0 radical (unpaired) electrons. The number of benzene rings is 2. The van der Waals surface area contributed by atoms with E-state index >= 15 is 0 Å². The van der Waals surface area contributed by atoms with E-state index in [-0.39, 0.29) is 31.1 Å². The molecule has 0 spiro atoms. The highest BCUT2D eigenvalue weighted by molar-refractivity contribution is 7.92. The maximum atomic E-state index is 12.3. The second-order valence-corrected chi connectivity index (χ2v) is 9.92. The highest BCUT2D eigenvalue weighted by Gasteiger charge is 2.19. The van der Waals surface area contributed by atoms with E-state index in [1.807, 2.05) is 0 Å². The van der Waals surface area contributed by atoms with Gasteiger partial charge in [0.05, 0.1) is 19.0 Å². The van der Waals surface area contributed by atoms with Gasteiger partial charge in [-0.15, -0.1) is 0 Å². The Morgan fingerprint density at radius 3 is 2.61 bits per heavy atom. The zero-order chi connectivity index (χ0) is 23.6. The molecule has 8 nitrogen and oxygen atoms in total. The molecule has 0 fully saturated rings. The molecule has 2 heterocycles. The number of hydrogen-bond donors (Lipinski definition) is 1. The van der Waals surface area contributed by atoms with Gasteiger partial charge in [0.15, 0.2) is 0 Å². The van der Waals surface area contributed by atoms with Crippen LogP contribution in [-0.2, 0) is 28.4 Å². The van der Waals surface area contributed by atoms with Crippen LogP contribution in [0.25, 0.3) is 11.1 Å². The number of nitrogens with zero attached hydrogens (tertiary/aromatic N) is 1. The fraction of sp³-hybridized carbons (Fsp3) is 0.261. The van der Waals surface area contributed by atoms with Gasteiger partial charge in [0, 0.05) is 46.7 Å². The quantitative estimate of drug-likeness (QED) is 0.592. The molecule has 0 bridgehead atoms. The molecule has 0 saturated heterocycles. The molecule has 0 saturated carbocycles. The number of ether oxygens (including phenoxy) is 3. The van der Waals surface area contributed by atoms with E-state index in [0.717, 1.165) is 5.56 Å². The van der Waals surface area contributed by atoms with Crippen molar-refractivity contribution >= 4 is 27.3 Å². The van der Waals surface area contributed by atoms with Gasteiger partial charge in [0.25, 0.3) is 5.56 Å². The van der Waals surface area contributed by atoms with Gasteiger partial charge in [-0.3, -0.25) is 9.52 Å². The van der Waals surface area contributed by atoms with Crippen molar-refractivity contribution in [3.63, 3.8) is 0 Å². The average molecular weight is 491 g/mol. The zero-order valence-corrected chi connectivity index (χ0v) is 19.7. The summed E-state index contributed by atoms with van der Waals surface area (Å²) in [5.74, 6) is 1.28. The molecule has 0 aliphatic carbocycles. The molecular formula is C23H23ClN2O6S. The molecule has 1 aliphatic heterocycles. The maximum absolute atomic E-state index is 12.3. The minimum Gasteiger partial charge on any atom is -0.490 e. The van der Waals surface area contributed by atoms with Crippen LogP contribution in [0.3, 0.4) is 0 Å². The topological polar surface area (TPSA) is 95.9 Å². The molecule has 3 aromatic rings. The lowest BCUT2D eigenvalue weighted by Gasteiger charge is -2.20. The summed E-state index contributed by atoms with van der Waals surface area (Å²) in [5.41, 5.74) is 2.00. The number of rotatable bonds is 3. The molecule has 4 rings (SSSR count).